The number of nitrogens with one attached hydrogen (secondary N) is 1. The van der Waals surface area contributed by atoms with Gasteiger partial charge in [-0.2, -0.15) is 13.2 Å². The lowest BCUT2D eigenvalue weighted by molar-refractivity contribution is -0.121. The summed E-state index contributed by atoms with van der Waals surface area (Å²) in [6.45, 7) is 2.12. The number of alkyl halides is 3. The van der Waals surface area contributed by atoms with Crippen LogP contribution in [0.4, 0.5) is 23.7 Å². The van der Waals surface area contributed by atoms with Crippen molar-refractivity contribution in [1.82, 2.24) is 15.2 Å². The predicted molar refractivity (Wildman–Crippen MR) is 109 cm³/mol. The molecule has 3 rings (SSSR count). The molecule has 0 radical (unpaired) electrons. The Morgan fingerprint density at radius 2 is 1.72 bits per heavy atom. The van der Waals surface area contributed by atoms with Crippen LogP contribution in [0, 0.1) is 0 Å². The van der Waals surface area contributed by atoms with Crippen LogP contribution in [-0.4, -0.2) is 55.4 Å². The van der Waals surface area contributed by atoms with E-state index in [2.05, 4.69) is 10.3 Å². The Kier molecular flexibility index (Phi) is 6.04. The highest BCUT2D eigenvalue weighted by Gasteiger charge is 2.49. The van der Waals surface area contributed by atoms with Crippen molar-refractivity contribution in [2.24, 2.45) is 0 Å². The summed E-state index contributed by atoms with van der Waals surface area (Å²) in [5, 5.41) is 2.63. The minimum atomic E-state index is -5.54. The van der Waals surface area contributed by atoms with E-state index in [0.29, 0.717) is 18.7 Å². The highest BCUT2D eigenvalue weighted by Crippen LogP contribution is 2.33. The zero-order chi connectivity index (χ0) is 23.9. The van der Waals surface area contributed by atoms with Crippen LogP contribution >= 0.6 is 0 Å². The highest BCUT2D eigenvalue weighted by atomic mass is 32.2. The summed E-state index contributed by atoms with van der Waals surface area (Å²) < 4.78 is 61.3. The molecule has 1 N–H and O–H groups in total. The monoisotopic (exact) mass is 470 g/mol. The number of benzene rings is 1. The number of aromatic nitrogens is 1. The molecule has 2 heterocycles. The van der Waals surface area contributed by atoms with E-state index in [4.69, 9.17) is 0 Å². The van der Waals surface area contributed by atoms with E-state index in [9.17, 15) is 31.2 Å². The molecule has 2 aromatic rings. The van der Waals surface area contributed by atoms with Crippen LogP contribution in [0.15, 0.2) is 47.6 Å². The molecule has 1 saturated heterocycles. The van der Waals surface area contributed by atoms with Crippen LogP contribution in [-0.2, 0) is 27.6 Å². The van der Waals surface area contributed by atoms with Gasteiger partial charge in [0.05, 0.1) is 10.6 Å². The number of carbonyl (C=O) groups is 2. The van der Waals surface area contributed by atoms with E-state index in [1.54, 1.807) is 25.4 Å². The molecule has 1 fully saturated rings. The van der Waals surface area contributed by atoms with Crippen molar-refractivity contribution in [2.75, 3.05) is 19.0 Å². The SMILES string of the molecule is CN(C)Cc1cnccc1CC1(C)NC(=O)N(c2ccc(S(=O)(=O)C(F)(F)F)cc2)C1=O. The largest absolute Gasteiger partial charge is 0.501 e. The van der Waals surface area contributed by atoms with Crippen molar-refractivity contribution in [2.45, 2.75) is 35.8 Å². The molecule has 32 heavy (non-hydrogen) atoms. The number of anilines is 1. The van der Waals surface area contributed by atoms with E-state index < -0.39 is 37.7 Å². The third-order valence-corrected chi connectivity index (χ3v) is 6.51. The Bertz CT molecular complexity index is 1150. The van der Waals surface area contributed by atoms with Crippen molar-refractivity contribution in [3.05, 3.63) is 53.9 Å². The second-order valence-electron chi connectivity index (χ2n) is 7.90. The Labute approximate surface area is 183 Å². The lowest BCUT2D eigenvalue weighted by Gasteiger charge is -2.24. The van der Waals surface area contributed by atoms with E-state index >= 15 is 0 Å². The Hall–Kier alpha value is -2.99. The number of halogens is 3. The molecule has 1 aliphatic rings. The molecule has 0 spiro atoms. The number of imide groups is 1. The second kappa shape index (κ2) is 8.17. The van der Waals surface area contributed by atoms with Gasteiger partial charge in [0.2, 0.25) is 0 Å². The van der Waals surface area contributed by atoms with Gasteiger partial charge in [0.25, 0.3) is 15.7 Å². The normalized spacial score (nSPS) is 19.5. The number of urea groups is 1. The lowest BCUT2D eigenvalue weighted by Crippen LogP contribution is -2.46. The number of hydrogen-bond acceptors (Lipinski definition) is 6. The molecule has 1 aromatic heterocycles. The molecule has 3 amide bonds. The number of carbonyl (C=O) groups excluding carboxylic acids is 2. The Morgan fingerprint density at radius 3 is 2.28 bits per heavy atom. The van der Waals surface area contributed by atoms with Gasteiger partial charge < -0.3 is 10.2 Å². The Morgan fingerprint density at radius 1 is 1.09 bits per heavy atom. The average molecular weight is 470 g/mol. The van der Waals surface area contributed by atoms with Gasteiger partial charge in [-0.25, -0.2) is 18.1 Å². The van der Waals surface area contributed by atoms with Gasteiger partial charge in [0, 0.05) is 25.4 Å². The summed E-state index contributed by atoms with van der Waals surface area (Å²) >= 11 is 0. The third kappa shape index (κ3) is 4.32. The fraction of sp³-hybridized carbons (Fsp3) is 0.350. The summed E-state index contributed by atoms with van der Waals surface area (Å²) in [6, 6.07) is 4.41. The molecule has 1 unspecified atom stereocenters. The topological polar surface area (TPSA) is 99.7 Å². The molecular formula is C20H21F3N4O4S. The van der Waals surface area contributed by atoms with Gasteiger partial charge in [-0.3, -0.25) is 9.78 Å². The van der Waals surface area contributed by atoms with Gasteiger partial charge >= 0.3 is 11.5 Å². The average Bonchev–Trinajstić information content (AvgIpc) is 2.90. The van der Waals surface area contributed by atoms with E-state index in [1.165, 1.54) is 0 Å². The first-order valence-corrected chi connectivity index (χ1v) is 10.9. The van der Waals surface area contributed by atoms with Gasteiger partial charge in [-0.15, -0.1) is 0 Å². The number of rotatable bonds is 6. The molecule has 1 aliphatic heterocycles. The van der Waals surface area contributed by atoms with Crippen molar-refractivity contribution >= 4 is 27.5 Å². The van der Waals surface area contributed by atoms with Crippen LogP contribution in [0.3, 0.4) is 0 Å². The maximum atomic E-state index is 13.1. The Balaban J connectivity index is 1.88. The number of pyridine rings is 1. The van der Waals surface area contributed by atoms with Crippen LogP contribution in [0.2, 0.25) is 0 Å². The first kappa shape index (κ1) is 23.7. The maximum absolute atomic E-state index is 13.1. The van der Waals surface area contributed by atoms with Crippen molar-refractivity contribution in [3.63, 3.8) is 0 Å². The van der Waals surface area contributed by atoms with Gasteiger partial charge in [-0.05, 0) is 62.5 Å². The van der Waals surface area contributed by atoms with Gasteiger partial charge in [-0.1, -0.05) is 0 Å². The molecule has 0 saturated carbocycles. The van der Waals surface area contributed by atoms with Crippen LogP contribution in [0.5, 0.6) is 0 Å². The standard InChI is InChI=1S/C20H21F3N4O4S/c1-19(10-13-8-9-24-11-14(13)12-26(2)3)17(28)27(18(29)25-19)15-4-6-16(7-5-15)32(30,31)20(21,22)23/h4-9,11H,10,12H2,1-3H3,(H,25,29). The summed E-state index contributed by atoms with van der Waals surface area (Å²) in [6.07, 6.45) is 3.43. The van der Waals surface area contributed by atoms with Crippen molar-refractivity contribution in [1.29, 1.82) is 0 Å². The second-order valence-corrected chi connectivity index (χ2v) is 9.85. The van der Waals surface area contributed by atoms with E-state index in [-0.39, 0.29) is 12.1 Å². The number of amides is 3. The minimum Gasteiger partial charge on any atom is -0.323 e. The third-order valence-electron chi connectivity index (χ3n) is 5.01. The molecule has 172 valence electrons. The molecule has 1 aromatic carbocycles. The number of nitrogens with zero attached hydrogens (tertiary/aromatic N) is 3. The summed E-state index contributed by atoms with van der Waals surface area (Å²) in [5.41, 5.74) is -5.13. The summed E-state index contributed by atoms with van der Waals surface area (Å²) in [4.78, 5) is 31.5. The van der Waals surface area contributed by atoms with Crippen LogP contribution < -0.4 is 10.2 Å². The van der Waals surface area contributed by atoms with Crippen molar-refractivity contribution in [3.8, 4) is 0 Å². The van der Waals surface area contributed by atoms with Crippen LogP contribution in [0.1, 0.15) is 18.1 Å². The highest BCUT2D eigenvalue weighted by molar-refractivity contribution is 7.92. The van der Waals surface area contributed by atoms with Crippen molar-refractivity contribution < 1.29 is 31.2 Å². The molecule has 12 heteroatoms. The number of sulfone groups is 1. The fourth-order valence-electron chi connectivity index (χ4n) is 3.44. The molecule has 0 aliphatic carbocycles. The zero-order valence-electron chi connectivity index (χ0n) is 17.5. The predicted octanol–water partition coefficient (Wildman–Crippen LogP) is 2.49. The first-order valence-electron chi connectivity index (χ1n) is 9.41. The summed E-state index contributed by atoms with van der Waals surface area (Å²) in [5.74, 6) is -0.610. The summed E-state index contributed by atoms with van der Waals surface area (Å²) in [7, 11) is -1.78. The first-order chi connectivity index (χ1) is 14.8. The molecule has 1 atom stereocenters. The number of hydrogen-bond donors (Lipinski definition) is 1. The lowest BCUT2D eigenvalue weighted by atomic mass is 9.91. The van der Waals surface area contributed by atoms with E-state index in [1.807, 2.05) is 19.0 Å². The maximum Gasteiger partial charge on any atom is 0.501 e. The minimum absolute atomic E-state index is 0.0411. The smallest absolute Gasteiger partial charge is 0.323 e. The fourth-order valence-corrected chi connectivity index (χ4v) is 4.20. The zero-order valence-corrected chi connectivity index (χ0v) is 18.3. The van der Waals surface area contributed by atoms with Crippen LogP contribution in [0.25, 0.3) is 0 Å². The molecule has 8 nitrogen and oxygen atoms in total. The van der Waals surface area contributed by atoms with Gasteiger partial charge in [0.15, 0.2) is 0 Å². The van der Waals surface area contributed by atoms with Gasteiger partial charge in [0.1, 0.15) is 5.54 Å². The molecule has 0 bridgehead atoms. The van der Waals surface area contributed by atoms with E-state index in [0.717, 1.165) is 28.2 Å². The quantitative estimate of drug-likeness (QED) is 0.652. The molecular weight excluding hydrogens is 449 g/mol.